The van der Waals surface area contributed by atoms with Crippen LogP contribution in [-0.4, -0.2) is 22.4 Å². The lowest BCUT2D eigenvalue weighted by atomic mass is 10.1. The molecule has 10 heteroatoms. The van der Waals surface area contributed by atoms with Crippen LogP contribution >= 0.6 is 0 Å². The molecule has 0 fully saturated rings. The third kappa shape index (κ3) is 3.77. The molecular weight excluding hydrogens is 391 g/mol. The monoisotopic (exact) mass is 403 g/mol. The Bertz CT molecular complexity index is 1180. The number of anilines is 1. The van der Waals surface area contributed by atoms with Gasteiger partial charge in [-0.3, -0.25) is 4.79 Å². The van der Waals surface area contributed by atoms with Crippen molar-refractivity contribution in [1.82, 2.24) is 10.1 Å². The van der Waals surface area contributed by atoms with E-state index in [-0.39, 0.29) is 17.0 Å². The number of aryl methyl sites for hydroxylation is 1. The van der Waals surface area contributed by atoms with Crippen molar-refractivity contribution in [2.24, 2.45) is 0 Å². The Labute approximate surface area is 161 Å². The summed E-state index contributed by atoms with van der Waals surface area (Å²) in [5, 5.41) is 6.59. The van der Waals surface area contributed by atoms with Gasteiger partial charge in [0.25, 0.3) is 11.6 Å². The van der Waals surface area contributed by atoms with E-state index in [4.69, 9.17) is 8.94 Å². The summed E-state index contributed by atoms with van der Waals surface area (Å²) in [4.78, 5) is 17.2. The van der Waals surface area contributed by atoms with Gasteiger partial charge in [-0.2, -0.15) is 0 Å². The normalized spacial score (nSPS) is 11.6. The van der Waals surface area contributed by atoms with Crippen LogP contribution < -0.4 is 10.1 Å². The average Bonchev–Trinajstić information content (AvgIpc) is 3.32. The SMILES string of the molecule is Cc1noc2nc(-c3ccco3)cc(C(=O)Nc3ccccc3OC(F)(F)F)c12. The number of para-hydroxylation sites is 2. The molecule has 3 heterocycles. The summed E-state index contributed by atoms with van der Waals surface area (Å²) in [7, 11) is 0. The van der Waals surface area contributed by atoms with Gasteiger partial charge in [0.05, 0.1) is 28.6 Å². The number of pyridine rings is 1. The summed E-state index contributed by atoms with van der Waals surface area (Å²) in [5.41, 5.74) is 0.781. The number of hydrogen-bond donors (Lipinski definition) is 1. The molecule has 0 aliphatic rings. The van der Waals surface area contributed by atoms with Gasteiger partial charge in [0.2, 0.25) is 0 Å². The number of carbonyl (C=O) groups is 1. The fourth-order valence-electron chi connectivity index (χ4n) is 2.80. The van der Waals surface area contributed by atoms with Crippen LogP contribution in [0.15, 0.2) is 57.7 Å². The Kier molecular flexibility index (Phi) is 4.45. The minimum absolute atomic E-state index is 0.0985. The molecule has 1 aromatic carbocycles. The molecule has 0 radical (unpaired) electrons. The number of furan rings is 1. The highest BCUT2D eigenvalue weighted by atomic mass is 19.4. The van der Waals surface area contributed by atoms with Crippen molar-refractivity contribution in [1.29, 1.82) is 0 Å². The van der Waals surface area contributed by atoms with E-state index < -0.39 is 18.0 Å². The second-order valence-electron chi connectivity index (χ2n) is 5.98. The van der Waals surface area contributed by atoms with Crippen LogP contribution in [0.1, 0.15) is 16.1 Å². The van der Waals surface area contributed by atoms with E-state index in [0.29, 0.717) is 22.5 Å². The molecule has 0 unspecified atom stereocenters. The van der Waals surface area contributed by atoms with Crippen LogP contribution in [0.3, 0.4) is 0 Å². The zero-order valence-corrected chi connectivity index (χ0v) is 14.8. The number of ether oxygens (including phenoxy) is 1. The first-order chi connectivity index (χ1) is 13.8. The highest BCUT2D eigenvalue weighted by Gasteiger charge is 2.32. The zero-order chi connectivity index (χ0) is 20.6. The predicted octanol–water partition coefficient (Wildman–Crippen LogP) is 4.94. The fourth-order valence-corrected chi connectivity index (χ4v) is 2.80. The number of nitrogens with zero attached hydrogens (tertiary/aromatic N) is 2. The van der Waals surface area contributed by atoms with Crippen molar-refractivity contribution < 1.29 is 31.6 Å². The quantitative estimate of drug-likeness (QED) is 0.519. The number of aromatic nitrogens is 2. The Morgan fingerprint density at radius 3 is 2.69 bits per heavy atom. The van der Waals surface area contributed by atoms with Crippen molar-refractivity contribution in [3.63, 3.8) is 0 Å². The topological polar surface area (TPSA) is 90.4 Å². The van der Waals surface area contributed by atoms with Gasteiger partial charge in [-0.15, -0.1) is 13.2 Å². The minimum Gasteiger partial charge on any atom is -0.463 e. The molecule has 148 valence electrons. The predicted molar refractivity (Wildman–Crippen MR) is 95.3 cm³/mol. The number of benzene rings is 1. The lowest BCUT2D eigenvalue weighted by molar-refractivity contribution is -0.274. The van der Waals surface area contributed by atoms with E-state index in [2.05, 4.69) is 20.2 Å². The maximum atomic E-state index is 12.9. The van der Waals surface area contributed by atoms with Crippen molar-refractivity contribution >= 4 is 22.7 Å². The van der Waals surface area contributed by atoms with Crippen LogP contribution in [0.25, 0.3) is 22.6 Å². The summed E-state index contributed by atoms with van der Waals surface area (Å²) in [5.74, 6) is -0.836. The highest BCUT2D eigenvalue weighted by molar-refractivity contribution is 6.13. The van der Waals surface area contributed by atoms with E-state index >= 15 is 0 Å². The van der Waals surface area contributed by atoms with Crippen molar-refractivity contribution in [2.75, 3.05) is 5.32 Å². The number of halogens is 3. The minimum atomic E-state index is -4.90. The van der Waals surface area contributed by atoms with Crippen LogP contribution in [0.5, 0.6) is 5.75 Å². The van der Waals surface area contributed by atoms with E-state index in [1.807, 2.05) is 0 Å². The molecule has 0 spiro atoms. The largest absolute Gasteiger partial charge is 0.573 e. The Hall–Kier alpha value is -3.82. The smallest absolute Gasteiger partial charge is 0.463 e. The van der Waals surface area contributed by atoms with Crippen molar-refractivity contribution in [3.05, 3.63) is 60.0 Å². The Balaban J connectivity index is 1.76. The van der Waals surface area contributed by atoms with Gasteiger partial charge in [-0.05, 0) is 37.3 Å². The molecule has 0 saturated heterocycles. The first-order valence-electron chi connectivity index (χ1n) is 8.29. The fraction of sp³-hybridized carbons (Fsp3) is 0.105. The first kappa shape index (κ1) is 18.5. The zero-order valence-electron chi connectivity index (χ0n) is 14.8. The molecule has 4 rings (SSSR count). The molecule has 0 saturated carbocycles. The highest BCUT2D eigenvalue weighted by Crippen LogP contribution is 2.32. The maximum Gasteiger partial charge on any atom is 0.573 e. The van der Waals surface area contributed by atoms with Gasteiger partial charge in [0, 0.05) is 0 Å². The van der Waals surface area contributed by atoms with Crippen LogP contribution in [-0.2, 0) is 0 Å². The number of amides is 1. The number of carbonyl (C=O) groups excluding carboxylic acids is 1. The standard InChI is InChI=1S/C19H12F3N3O4/c1-10-16-11(9-13(14-7-4-8-27-14)24-18(16)29-25-10)17(26)23-12-5-2-3-6-15(12)28-19(20,21)22/h2-9H,1H3,(H,23,26). The Morgan fingerprint density at radius 2 is 1.97 bits per heavy atom. The second kappa shape index (κ2) is 6.97. The Morgan fingerprint density at radius 1 is 1.17 bits per heavy atom. The molecule has 29 heavy (non-hydrogen) atoms. The summed E-state index contributed by atoms with van der Waals surface area (Å²) < 4.78 is 52.3. The third-order valence-electron chi connectivity index (χ3n) is 4.00. The first-order valence-corrected chi connectivity index (χ1v) is 8.29. The maximum absolute atomic E-state index is 12.9. The summed E-state index contributed by atoms with van der Waals surface area (Å²) in [6.07, 6.45) is -3.46. The van der Waals surface area contributed by atoms with E-state index in [1.165, 1.54) is 30.5 Å². The van der Waals surface area contributed by atoms with Gasteiger partial charge in [-0.1, -0.05) is 17.3 Å². The molecule has 0 atom stereocenters. The molecular formula is C19H12F3N3O4. The van der Waals surface area contributed by atoms with Crippen molar-refractivity contribution in [3.8, 4) is 17.2 Å². The molecule has 3 aromatic heterocycles. The van der Waals surface area contributed by atoms with E-state index in [0.717, 1.165) is 6.07 Å². The number of hydrogen-bond acceptors (Lipinski definition) is 6. The van der Waals surface area contributed by atoms with Gasteiger partial charge >= 0.3 is 6.36 Å². The van der Waals surface area contributed by atoms with E-state index in [9.17, 15) is 18.0 Å². The number of fused-ring (bicyclic) bond motifs is 1. The lowest BCUT2D eigenvalue weighted by Crippen LogP contribution is -2.19. The lowest BCUT2D eigenvalue weighted by Gasteiger charge is -2.14. The number of nitrogens with one attached hydrogen (secondary N) is 1. The molecule has 1 amide bonds. The molecule has 4 aromatic rings. The molecule has 7 nitrogen and oxygen atoms in total. The van der Waals surface area contributed by atoms with Crippen LogP contribution in [0, 0.1) is 6.92 Å². The van der Waals surface area contributed by atoms with E-state index in [1.54, 1.807) is 19.1 Å². The molecule has 0 bridgehead atoms. The van der Waals surface area contributed by atoms with Crippen LogP contribution in [0.4, 0.5) is 18.9 Å². The van der Waals surface area contributed by atoms with Crippen molar-refractivity contribution in [2.45, 2.75) is 13.3 Å². The summed E-state index contributed by atoms with van der Waals surface area (Å²) >= 11 is 0. The molecule has 0 aliphatic heterocycles. The van der Waals surface area contributed by atoms with Gasteiger partial charge < -0.3 is 19.0 Å². The third-order valence-corrected chi connectivity index (χ3v) is 4.00. The van der Waals surface area contributed by atoms with Gasteiger partial charge in [0.15, 0.2) is 11.5 Å². The van der Waals surface area contributed by atoms with Gasteiger partial charge in [0.1, 0.15) is 5.69 Å². The summed E-state index contributed by atoms with van der Waals surface area (Å²) in [6.45, 7) is 1.62. The second-order valence-corrected chi connectivity index (χ2v) is 5.98. The van der Waals surface area contributed by atoms with Crippen LogP contribution in [0.2, 0.25) is 0 Å². The number of alkyl halides is 3. The molecule has 0 aliphatic carbocycles. The average molecular weight is 403 g/mol. The molecule has 1 N–H and O–H groups in total. The summed E-state index contributed by atoms with van der Waals surface area (Å²) in [6, 6.07) is 9.98. The number of rotatable bonds is 4. The van der Waals surface area contributed by atoms with Gasteiger partial charge in [-0.25, -0.2) is 4.98 Å².